The summed E-state index contributed by atoms with van der Waals surface area (Å²) in [5.41, 5.74) is 6.17. The number of hydrogen-bond acceptors (Lipinski definition) is 5. The van der Waals surface area contributed by atoms with Crippen molar-refractivity contribution in [3.05, 3.63) is 72.7 Å². The van der Waals surface area contributed by atoms with Gasteiger partial charge < -0.3 is 10.8 Å². The molecule has 0 aliphatic rings. The molecule has 7 heteroatoms. The van der Waals surface area contributed by atoms with E-state index >= 15 is 0 Å². The second-order valence-corrected chi connectivity index (χ2v) is 6.75. The Labute approximate surface area is 133 Å². The van der Waals surface area contributed by atoms with Crippen molar-refractivity contribution in [3.63, 3.8) is 0 Å². The van der Waals surface area contributed by atoms with Gasteiger partial charge in [0.25, 0.3) is 10.0 Å². The summed E-state index contributed by atoms with van der Waals surface area (Å²) in [6, 6.07) is 11.3. The molecule has 0 aliphatic heterocycles. The lowest BCUT2D eigenvalue weighted by atomic mass is 10.1. The van der Waals surface area contributed by atoms with Gasteiger partial charge in [-0.2, -0.15) is 0 Å². The zero-order chi connectivity index (χ0) is 16.4. The molecule has 0 saturated carbocycles. The minimum Gasteiger partial charge on any atom is -0.405 e. The van der Waals surface area contributed by atoms with Crippen molar-refractivity contribution in [1.29, 1.82) is 0 Å². The third-order valence-corrected chi connectivity index (χ3v) is 5.17. The summed E-state index contributed by atoms with van der Waals surface area (Å²) in [7, 11) is -3.75. The first-order chi connectivity index (χ1) is 11.0. The van der Waals surface area contributed by atoms with Crippen molar-refractivity contribution >= 4 is 21.1 Å². The Morgan fingerprint density at radius 3 is 2.61 bits per heavy atom. The number of rotatable bonds is 4. The van der Waals surface area contributed by atoms with Crippen molar-refractivity contribution in [2.45, 2.75) is 11.0 Å². The number of aromatic nitrogens is 2. The van der Waals surface area contributed by atoms with Crippen molar-refractivity contribution in [3.8, 4) is 0 Å². The predicted molar refractivity (Wildman–Crippen MR) is 87.0 cm³/mol. The van der Waals surface area contributed by atoms with E-state index in [-0.39, 0.29) is 4.90 Å². The van der Waals surface area contributed by atoms with Crippen LogP contribution < -0.4 is 5.73 Å². The highest BCUT2D eigenvalue weighted by Crippen LogP contribution is 2.22. The molecular weight excluding hydrogens is 314 g/mol. The highest BCUT2D eigenvalue weighted by molar-refractivity contribution is 7.90. The number of nitrogens with two attached hydrogens (primary N) is 1. The maximum absolute atomic E-state index is 12.7. The molecule has 0 saturated heterocycles. The molecule has 23 heavy (non-hydrogen) atoms. The molecule has 0 radical (unpaired) electrons. The molecule has 1 aromatic carbocycles. The fourth-order valence-electron chi connectivity index (χ4n) is 2.30. The summed E-state index contributed by atoms with van der Waals surface area (Å²) in [6.07, 6.45) is 4.81. The van der Waals surface area contributed by atoms with Gasteiger partial charge >= 0.3 is 0 Å². The van der Waals surface area contributed by atoms with Crippen LogP contribution in [-0.4, -0.2) is 22.5 Å². The van der Waals surface area contributed by atoms with Crippen molar-refractivity contribution in [2.24, 2.45) is 5.73 Å². The molecule has 0 fully saturated rings. The molecule has 3 N–H and O–H groups in total. The summed E-state index contributed by atoms with van der Waals surface area (Å²) in [6.45, 7) is 0. The van der Waals surface area contributed by atoms with Gasteiger partial charge in [-0.1, -0.05) is 12.1 Å². The van der Waals surface area contributed by atoms with Gasteiger partial charge in [-0.3, -0.25) is 0 Å². The Kier molecular flexibility index (Phi) is 3.89. The molecule has 3 aromatic rings. The molecule has 0 aliphatic carbocycles. The van der Waals surface area contributed by atoms with Crippen LogP contribution in [0.15, 0.2) is 72.0 Å². The molecular formula is C16H15N3O3S. The summed E-state index contributed by atoms with van der Waals surface area (Å²) < 4.78 is 26.6. The van der Waals surface area contributed by atoms with Gasteiger partial charge in [0.2, 0.25) is 0 Å². The first-order valence-corrected chi connectivity index (χ1v) is 8.32. The van der Waals surface area contributed by atoms with Crippen LogP contribution in [0.2, 0.25) is 0 Å². The third kappa shape index (κ3) is 2.71. The first kappa shape index (κ1) is 15.3. The van der Waals surface area contributed by atoms with Gasteiger partial charge in [-0.05, 0) is 48.2 Å². The molecule has 2 heterocycles. The van der Waals surface area contributed by atoms with Gasteiger partial charge in [-0.15, -0.1) is 0 Å². The highest BCUT2D eigenvalue weighted by Gasteiger charge is 2.19. The molecule has 1 unspecified atom stereocenters. The Hall–Kier alpha value is -2.64. The predicted octanol–water partition coefficient (Wildman–Crippen LogP) is 1.78. The normalized spacial score (nSPS) is 13.6. The van der Waals surface area contributed by atoms with Crippen LogP contribution in [-0.2, 0) is 10.0 Å². The fraction of sp³-hybridized carbons (Fsp3) is 0.0625. The number of fused-ring (bicyclic) bond motifs is 1. The summed E-state index contributed by atoms with van der Waals surface area (Å²) in [4.78, 5) is 4.24. The fourth-order valence-corrected chi connectivity index (χ4v) is 3.61. The van der Waals surface area contributed by atoms with Crippen molar-refractivity contribution in [1.82, 2.24) is 8.96 Å². The van der Waals surface area contributed by atoms with Crippen LogP contribution in [0.5, 0.6) is 0 Å². The number of nitrogens with zero attached hydrogens (tertiary/aromatic N) is 2. The second kappa shape index (κ2) is 5.86. The Morgan fingerprint density at radius 1 is 1.17 bits per heavy atom. The Bertz CT molecular complexity index is 960. The maximum atomic E-state index is 12.7. The highest BCUT2D eigenvalue weighted by atomic mass is 32.2. The average Bonchev–Trinajstić information content (AvgIpc) is 3.00. The van der Waals surface area contributed by atoms with Crippen LogP contribution >= 0.6 is 0 Å². The zero-order valence-electron chi connectivity index (χ0n) is 12.1. The molecule has 0 amide bonds. The monoisotopic (exact) mass is 329 g/mol. The summed E-state index contributed by atoms with van der Waals surface area (Å²) in [5.74, 6) is 0. The van der Waals surface area contributed by atoms with Crippen molar-refractivity contribution in [2.75, 3.05) is 0 Å². The minimum absolute atomic E-state index is 0.119. The van der Waals surface area contributed by atoms with Gasteiger partial charge in [0.15, 0.2) is 5.65 Å². The van der Waals surface area contributed by atoms with Gasteiger partial charge in [0, 0.05) is 17.8 Å². The zero-order valence-corrected chi connectivity index (χ0v) is 12.9. The number of aliphatic hydroxyl groups is 1. The van der Waals surface area contributed by atoms with Gasteiger partial charge in [-0.25, -0.2) is 17.4 Å². The average molecular weight is 329 g/mol. The SMILES string of the molecule is N/C=C/C(O)c1ccc(S(=O)(=O)n2ccc3cccnc32)cc1. The number of benzene rings is 1. The lowest BCUT2D eigenvalue weighted by Gasteiger charge is -2.09. The van der Waals surface area contributed by atoms with E-state index in [0.717, 1.165) is 9.36 Å². The Morgan fingerprint density at radius 2 is 1.91 bits per heavy atom. The summed E-state index contributed by atoms with van der Waals surface area (Å²) in [5, 5.41) is 10.6. The minimum atomic E-state index is -3.75. The lowest BCUT2D eigenvalue weighted by Crippen LogP contribution is -2.12. The van der Waals surface area contributed by atoms with Crippen LogP contribution in [0.3, 0.4) is 0 Å². The lowest BCUT2D eigenvalue weighted by molar-refractivity contribution is 0.228. The van der Waals surface area contributed by atoms with E-state index in [9.17, 15) is 13.5 Å². The Balaban J connectivity index is 2.03. The second-order valence-electron chi connectivity index (χ2n) is 4.93. The van der Waals surface area contributed by atoms with E-state index < -0.39 is 16.1 Å². The van der Waals surface area contributed by atoms with E-state index in [4.69, 9.17) is 5.73 Å². The number of pyridine rings is 1. The first-order valence-electron chi connectivity index (χ1n) is 6.88. The van der Waals surface area contributed by atoms with E-state index in [0.29, 0.717) is 11.2 Å². The molecule has 3 rings (SSSR count). The van der Waals surface area contributed by atoms with Crippen LogP contribution in [0.25, 0.3) is 11.0 Å². The number of aliphatic hydroxyl groups excluding tert-OH is 1. The standard InChI is InChI=1S/C16H15N3O3S/c17-9-7-15(20)12-3-5-14(6-4-12)23(21,22)19-11-8-13-2-1-10-18-16(13)19/h1-11,15,20H,17H2/b9-7+. The van der Waals surface area contributed by atoms with Gasteiger partial charge in [0.05, 0.1) is 11.0 Å². The molecule has 0 bridgehead atoms. The smallest absolute Gasteiger partial charge is 0.269 e. The molecule has 2 aromatic heterocycles. The van der Waals surface area contributed by atoms with Crippen LogP contribution in [0.1, 0.15) is 11.7 Å². The molecule has 6 nitrogen and oxygen atoms in total. The quantitative estimate of drug-likeness (QED) is 0.760. The van der Waals surface area contributed by atoms with E-state index in [1.165, 1.54) is 30.6 Å². The topological polar surface area (TPSA) is 98.2 Å². The van der Waals surface area contributed by atoms with E-state index in [1.807, 2.05) is 0 Å². The van der Waals surface area contributed by atoms with E-state index in [1.54, 1.807) is 36.5 Å². The summed E-state index contributed by atoms with van der Waals surface area (Å²) >= 11 is 0. The third-order valence-electron chi connectivity index (χ3n) is 3.49. The molecule has 0 spiro atoms. The van der Waals surface area contributed by atoms with E-state index in [2.05, 4.69) is 4.98 Å². The van der Waals surface area contributed by atoms with Crippen LogP contribution in [0.4, 0.5) is 0 Å². The largest absolute Gasteiger partial charge is 0.405 e. The van der Waals surface area contributed by atoms with Crippen LogP contribution in [0, 0.1) is 0 Å². The maximum Gasteiger partial charge on any atom is 0.269 e. The molecule has 1 atom stereocenters. The van der Waals surface area contributed by atoms with Gasteiger partial charge in [0.1, 0.15) is 0 Å². The molecule has 118 valence electrons. The number of hydrogen-bond donors (Lipinski definition) is 2. The van der Waals surface area contributed by atoms with Crippen molar-refractivity contribution < 1.29 is 13.5 Å².